The molecule has 0 radical (unpaired) electrons. The smallest absolute Gasteiger partial charge is 0.319 e. The van der Waals surface area contributed by atoms with Crippen molar-refractivity contribution in [2.75, 3.05) is 44.7 Å². The maximum Gasteiger partial charge on any atom is 0.319 e. The predicted octanol–water partition coefficient (Wildman–Crippen LogP) is 2.53. The van der Waals surface area contributed by atoms with Gasteiger partial charge in [0.05, 0.1) is 0 Å². The van der Waals surface area contributed by atoms with Crippen molar-refractivity contribution < 1.29 is 4.79 Å². The zero-order chi connectivity index (χ0) is 13.8. The molecule has 104 valence electrons. The van der Waals surface area contributed by atoms with E-state index in [9.17, 15) is 4.79 Å². The summed E-state index contributed by atoms with van der Waals surface area (Å²) in [6, 6.07) is 7.98. The lowest BCUT2D eigenvalue weighted by Crippen LogP contribution is -2.52. The van der Waals surface area contributed by atoms with Gasteiger partial charge >= 0.3 is 6.03 Å². The van der Waals surface area contributed by atoms with Gasteiger partial charge in [-0.05, 0) is 25.1 Å². The van der Waals surface area contributed by atoms with Crippen molar-refractivity contribution in [2.45, 2.75) is 6.92 Å². The van der Waals surface area contributed by atoms with Crippen molar-refractivity contribution in [1.82, 2.24) is 9.80 Å². The molecule has 1 aliphatic rings. The second kappa shape index (κ2) is 6.15. The van der Waals surface area contributed by atoms with Crippen LogP contribution in [-0.4, -0.2) is 55.6 Å². The van der Waals surface area contributed by atoms with Crippen LogP contribution in [0.1, 0.15) is 6.92 Å². The Bertz CT molecular complexity index is 444. The van der Waals surface area contributed by atoms with Crippen LogP contribution in [0.2, 0.25) is 5.02 Å². The third-order valence-electron chi connectivity index (χ3n) is 3.52. The summed E-state index contributed by atoms with van der Waals surface area (Å²) in [5, 5.41) is 0.752. The number of carbonyl (C=O) groups excluding carboxylic acids is 1. The average molecular weight is 282 g/mol. The van der Waals surface area contributed by atoms with Gasteiger partial charge in [-0.2, -0.15) is 0 Å². The third kappa shape index (κ3) is 3.32. The topological polar surface area (TPSA) is 26.8 Å². The molecule has 1 aromatic carbocycles. The maximum absolute atomic E-state index is 12.0. The number of amides is 2. The first-order valence-electron chi connectivity index (χ1n) is 6.62. The zero-order valence-corrected chi connectivity index (χ0v) is 12.2. The van der Waals surface area contributed by atoms with Crippen LogP contribution < -0.4 is 4.90 Å². The molecule has 1 aliphatic heterocycles. The molecule has 1 fully saturated rings. The second-order valence-electron chi connectivity index (χ2n) is 4.75. The van der Waals surface area contributed by atoms with Gasteiger partial charge in [-0.3, -0.25) is 0 Å². The molecule has 1 saturated heterocycles. The van der Waals surface area contributed by atoms with E-state index in [-0.39, 0.29) is 6.03 Å². The minimum absolute atomic E-state index is 0.119. The fraction of sp³-hybridized carbons (Fsp3) is 0.500. The molecule has 2 amide bonds. The lowest BCUT2D eigenvalue weighted by atomic mass is 10.2. The fourth-order valence-electron chi connectivity index (χ4n) is 2.21. The number of rotatable bonds is 2. The van der Waals surface area contributed by atoms with Crippen LogP contribution in [0.15, 0.2) is 24.3 Å². The molecule has 0 bridgehead atoms. The first-order chi connectivity index (χ1) is 9.11. The summed E-state index contributed by atoms with van der Waals surface area (Å²) >= 11 is 6.01. The van der Waals surface area contributed by atoms with Crippen LogP contribution in [-0.2, 0) is 0 Å². The number of benzene rings is 1. The van der Waals surface area contributed by atoms with E-state index < -0.39 is 0 Å². The number of hydrogen-bond donors (Lipinski definition) is 0. The SMILES string of the molecule is CCN(C)C(=O)N1CCN(c2cccc(Cl)c2)CC1. The largest absolute Gasteiger partial charge is 0.368 e. The number of hydrogen-bond acceptors (Lipinski definition) is 2. The quantitative estimate of drug-likeness (QED) is 0.833. The zero-order valence-electron chi connectivity index (χ0n) is 11.5. The monoisotopic (exact) mass is 281 g/mol. The number of urea groups is 1. The van der Waals surface area contributed by atoms with Gasteiger partial charge in [0.2, 0.25) is 0 Å². The molecule has 1 heterocycles. The fourth-order valence-corrected chi connectivity index (χ4v) is 2.39. The highest BCUT2D eigenvalue weighted by atomic mass is 35.5. The minimum atomic E-state index is 0.119. The summed E-state index contributed by atoms with van der Waals surface area (Å²) < 4.78 is 0. The molecule has 0 aliphatic carbocycles. The van der Waals surface area contributed by atoms with E-state index in [0.29, 0.717) is 0 Å². The van der Waals surface area contributed by atoms with E-state index in [1.807, 2.05) is 37.1 Å². The van der Waals surface area contributed by atoms with Crippen LogP contribution in [0.25, 0.3) is 0 Å². The summed E-state index contributed by atoms with van der Waals surface area (Å²) in [5.41, 5.74) is 1.13. The van der Waals surface area contributed by atoms with Gasteiger partial charge in [0, 0.05) is 50.5 Å². The number of piperazine rings is 1. The van der Waals surface area contributed by atoms with E-state index in [1.54, 1.807) is 4.90 Å². The van der Waals surface area contributed by atoms with Crippen molar-refractivity contribution in [3.63, 3.8) is 0 Å². The summed E-state index contributed by atoms with van der Waals surface area (Å²) in [4.78, 5) is 18.0. The minimum Gasteiger partial charge on any atom is -0.368 e. The Morgan fingerprint density at radius 3 is 2.58 bits per heavy atom. The summed E-state index contributed by atoms with van der Waals surface area (Å²) in [6.07, 6.45) is 0. The van der Waals surface area contributed by atoms with Crippen molar-refractivity contribution in [3.05, 3.63) is 29.3 Å². The first kappa shape index (κ1) is 14.0. The molecule has 0 aromatic heterocycles. The molecule has 0 spiro atoms. The summed E-state index contributed by atoms with van der Waals surface area (Å²) in [7, 11) is 1.84. The summed E-state index contributed by atoms with van der Waals surface area (Å²) in [5.74, 6) is 0. The number of anilines is 1. The lowest BCUT2D eigenvalue weighted by molar-refractivity contribution is 0.161. The van der Waals surface area contributed by atoms with Crippen LogP contribution in [0.5, 0.6) is 0 Å². The Hall–Kier alpha value is -1.42. The number of carbonyl (C=O) groups is 1. The number of nitrogens with zero attached hydrogens (tertiary/aromatic N) is 3. The van der Waals surface area contributed by atoms with E-state index in [2.05, 4.69) is 11.0 Å². The first-order valence-corrected chi connectivity index (χ1v) is 7.00. The average Bonchev–Trinajstić information content (AvgIpc) is 2.46. The molecule has 19 heavy (non-hydrogen) atoms. The van der Waals surface area contributed by atoms with E-state index in [4.69, 9.17) is 11.6 Å². The van der Waals surface area contributed by atoms with Gasteiger partial charge < -0.3 is 14.7 Å². The van der Waals surface area contributed by atoms with Crippen molar-refractivity contribution >= 4 is 23.3 Å². The maximum atomic E-state index is 12.0. The van der Waals surface area contributed by atoms with Crippen LogP contribution in [0, 0.1) is 0 Å². The Balaban J connectivity index is 1.94. The third-order valence-corrected chi connectivity index (χ3v) is 3.76. The molecule has 2 rings (SSSR count). The van der Waals surface area contributed by atoms with Gasteiger partial charge in [0.25, 0.3) is 0 Å². The van der Waals surface area contributed by atoms with Crippen molar-refractivity contribution in [3.8, 4) is 0 Å². The van der Waals surface area contributed by atoms with Crippen LogP contribution >= 0.6 is 11.6 Å². The van der Waals surface area contributed by atoms with E-state index in [0.717, 1.165) is 43.4 Å². The van der Waals surface area contributed by atoms with Crippen LogP contribution in [0.4, 0.5) is 10.5 Å². The molecule has 1 aromatic rings. The van der Waals surface area contributed by atoms with Gasteiger partial charge in [0.15, 0.2) is 0 Å². The highest BCUT2D eigenvalue weighted by Crippen LogP contribution is 2.20. The Morgan fingerprint density at radius 1 is 1.32 bits per heavy atom. The highest BCUT2D eigenvalue weighted by Gasteiger charge is 2.22. The molecule has 4 nitrogen and oxygen atoms in total. The van der Waals surface area contributed by atoms with Crippen molar-refractivity contribution in [2.24, 2.45) is 0 Å². The highest BCUT2D eigenvalue weighted by molar-refractivity contribution is 6.30. The summed E-state index contributed by atoms with van der Waals surface area (Å²) in [6.45, 7) is 5.95. The molecule has 5 heteroatoms. The molecule has 0 saturated carbocycles. The normalized spacial score (nSPS) is 15.5. The second-order valence-corrected chi connectivity index (χ2v) is 5.19. The van der Waals surface area contributed by atoms with Gasteiger partial charge in [-0.1, -0.05) is 17.7 Å². The lowest BCUT2D eigenvalue weighted by Gasteiger charge is -2.37. The van der Waals surface area contributed by atoms with Gasteiger partial charge in [-0.25, -0.2) is 4.79 Å². The van der Waals surface area contributed by atoms with Gasteiger partial charge in [-0.15, -0.1) is 0 Å². The van der Waals surface area contributed by atoms with Gasteiger partial charge in [0.1, 0.15) is 0 Å². The van der Waals surface area contributed by atoms with E-state index in [1.165, 1.54) is 0 Å². The Morgan fingerprint density at radius 2 is 2.00 bits per heavy atom. The Kier molecular flexibility index (Phi) is 4.53. The molecule has 0 unspecified atom stereocenters. The number of halogens is 1. The van der Waals surface area contributed by atoms with E-state index >= 15 is 0 Å². The Labute approximate surface area is 119 Å². The molecule has 0 N–H and O–H groups in total. The van der Waals surface area contributed by atoms with Crippen LogP contribution in [0.3, 0.4) is 0 Å². The standard InChI is InChI=1S/C14H20ClN3O/c1-3-16(2)14(19)18-9-7-17(8-10-18)13-6-4-5-12(15)11-13/h4-6,11H,3,7-10H2,1-2H3. The molecular weight excluding hydrogens is 262 g/mol. The van der Waals surface area contributed by atoms with Crippen molar-refractivity contribution in [1.29, 1.82) is 0 Å². The predicted molar refractivity (Wildman–Crippen MR) is 78.9 cm³/mol. The molecule has 0 atom stereocenters. The molecular formula is C14H20ClN3O.